The molecule has 2 amide bonds. The van der Waals surface area contributed by atoms with Crippen LogP contribution in [-0.4, -0.2) is 43.2 Å². The summed E-state index contributed by atoms with van der Waals surface area (Å²) in [4.78, 5) is 25.9. The molecule has 0 aliphatic carbocycles. The third-order valence-electron chi connectivity index (χ3n) is 3.83. The number of carbonyl (C=O) groups is 2. The number of halogens is 1. The summed E-state index contributed by atoms with van der Waals surface area (Å²) >= 11 is 0. The number of ether oxygens (including phenoxy) is 2. The highest BCUT2D eigenvalue weighted by molar-refractivity contribution is 5.94. The molecule has 1 atom stereocenters. The van der Waals surface area contributed by atoms with Crippen LogP contribution in [0.25, 0.3) is 0 Å². The van der Waals surface area contributed by atoms with Gasteiger partial charge in [-0.15, -0.1) is 6.42 Å². The summed E-state index contributed by atoms with van der Waals surface area (Å²) in [5.74, 6) is 1.35. The number of amides is 2. The van der Waals surface area contributed by atoms with E-state index in [0.29, 0.717) is 25.1 Å². The van der Waals surface area contributed by atoms with E-state index in [1.54, 1.807) is 6.92 Å². The van der Waals surface area contributed by atoms with Gasteiger partial charge in [0, 0.05) is 19.2 Å². The number of benzene rings is 1. The summed E-state index contributed by atoms with van der Waals surface area (Å²) in [7, 11) is 0. The van der Waals surface area contributed by atoms with E-state index in [1.807, 2.05) is 0 Å². The third-order valence-corrected chi connectivity index (χ3v) is 3.83. The van der Waals surface area contributed by atoms with E-state index in [-0.39, 0.29) is 37.3 Å². The van der Waals surface area contributed by atoms with Crippen molar-refractivity contribution < 1.29 is 23.5 Å². The van der Waals surface area contributed by atoms with Gasteiger partial charge in [0.25, 0.3) is 0 Å². The van der Waals surface area contributed by atoms with Crippen molar-refractivity contribution in [2.24, 2.45) is 5.92 Å². The van der Waals surface area contributed by atoms with Gasteiger partial charge < -0.3 is 19.7 Å². The quantitative estimate of drug-likeness (QED) is 0.831. The van der Waals surface area contributed by atoms with Crippen LogP contribution in [0.5, 0.6) is 5.75 Å². The molecule has 134 valence electrons. The van der Waals surface area contributed by atoms with Crippen LogP contribution in [-0.2, 0) is 9.53 Å². The zero-order valence-corrected chi connectivity index (χ0v) is 14.1. The molecule has 0 bridgehead atoms. The van der Waals surface area contributed by atoms with Gasteiger partial charge in [0.15, 0.2) is 0 Å². The Bertz CT molecular complexity index is 672. The Kier molecular flexibility index (Phi) is 6.63. The van der Waals surface area contributed by atoms with Gasteiger partial charge in [-0.1, -0.05) is 5.92 Å². The highest BCUT2D eigenvalue weighted by Crippen LogP contribution is 2.27. The number of piperidine rings is 1. The fraction of sp³-hybridized carbons (Fsp3) is 0.444. The first-order valence-corrected chi connectivity index (χ1v) is 8.13. The molecule has 7 heteroatoms. The number of anilines is 1. The maximum atomic E-state index is 13.4. The second kappa shape index (κ2) is 8.92. The van der Waals surface area contributed by atoms with E-state index >= 15 is 0 Å². The van der Waals surface area contributed by atoms with Crippen molar-refractivity contribution in [2.75, 3.05) is 31.6 Å². The van der Waals surface area contributed by atoms with Gasteiger partial charge in [0.1, 0.15) is 18.2 Å². The minimum atomic E-state index is -0.490. The van der Waals surface area contributed by atoms with Crippen LogP contribution < -0.4 is 10.1 Å². The van der Waals surface area contributed by atoms with Gasteiger partial charge in [-0.2, -0.15) is 0 Å². The van der Waals surface area contributed by atoms with Crippen molar-refractivity contribution in [3.63, 3.8) is 0 Å². The van der Waals surface area contributed by atoms with Crippen LogP contribution in [0, 0.1) is 24.1 Å². The van der Waals surface area contributed by atoms with Gasteiger partial charge in [0.2, 0.25) is 5.91 Å². The maximum Gasteiger partial charge on any atom is 0.409 e. The summed E-state index contributed by atoms with van der Waals surface area (Å²) in [6.45, 7) is 2.84. The van der Waals surface area contributed by atoms with Crippen molar-refractivity contribution in [3.05, 3.63) is 24.0 Å². The highest BCUT2D eigenvalue weighted by atomic mass is 19.1. The first-order valence-electron chi connectivity index (χ1n) is 8.13. The largest absolute Gasteiger partial charge is 0.479 e. The van der Waals surface area contributed by atoms with E-state index in [0.717, 1.165) is 0 Å². The van der Waals surface area contributed by atoms with E-state index < -0.39 is 11.9 Å². The minimum Gasteiger partial charge on any atom is -0.479 e. The van der Waals surface area contributed by atoms with Gasteiger partial charge in [0.05, 0.1) is 18.2 Å². The zero-order valence-electron chi connectivity index (χ0n) is 14.1. The molecule has 0 saturated carbocycles. The molecule has 1 aliphatic heterocycles. The summed E-state index contributed by atoms with van der Waals surface area (Å²) < 4.78 is 23.6. The van der Waals surface area contributed by atoms with Crippen LogP contribution >= 0.6 is 0 Å². The predicted molar refractivity (Wildman–Crippen MR) is 90.7 cm³/mol. The smallest absolute Gasteiger partial charge is 0.409 e. The molecule has 0 unspecified atom stereocenters. The van der Waals surface area contributed by atoms with Gasteiger partial charge >= 0.3 is 6.09 Å². The summed E-state index contributed by atoms with van der Waals surface area (Å²) in [5.41, 5.74) is 0.343. The van der Waals surface area contributed by atoms with Gasteiger partial charge in [-0.25, -0.2) is 9.18 Å². The molecule has 0 spiro atoms. The summed E-state index contributed by atoms with van der Waals surface area (Å²) in [5, 5.41) is 2.73. The molecule has 1 saturated heterocycles. The number of terminal acetylenes is 1. The van der Waals surface area contributed by atoms with E-state index in [4.69, 9.17) is 15.9 Å². The number of carbonyl (C=O) groups excluding carboxylic acids is 2. The van der Waals surface area contributed by atoms with Crippen LogP contribution in [0.4, 0.5) is 14.9 Å². The number of likely N-dealkylation sites (tertiary alicyclic amines) is 1. The third kappa shape index (κ3) is 5.11. The van der Waals surface area contributed by atoms with E-state index in [2.05, 4.69) is 11.2 Å². The van der Waals surface area contributed by atoms with Crippen LogP contribution in [0.15, 0.2) is 18.2 Å². The first kappa shape index (κ1) is 18.6. The lowest BCUT2D eigenvalue weighted by Gasteiger charge is -2.31. The Balaban J connectivity index is 2.04. The monoisotopic (exact) mass is 348 g/mol. The molecule has 6 nitrogen and oxygen atoms in total. The second-order valence-corrected chi connectivity index (χ2v) is 5.61. The van der Waals surface area contributed by atoms with Crippen molar-refractivity contribution in [2.45, 2.75) is 19.8 Å². The minimum absolute atomic E-state index is 0.0353. The molecule has 1 aliphatic rings. The standard InChI is InChI=1S/C18H21FN2O4/c1-3-10-25-16-11-14(19)7-8-15(16)20-17(22)13-6-5-9-21(12-13)18(23)24-4-2/h1,7-8,11,13H,4-6,9-10,12H2,2H3,(H,20,22)/t13-/m0/s1. The summed E-state index contributed by atoms with van der Waals surface area (Å²) in [6.07, 6.45) is 6.09. The lowest BCUT2D eigenvalue weighted by atomic mass is 9.97. The molecular weight excluding hydrogens is 327 g/mol. The van der Waals surface area contributed by atoms with Crippen molar-refractivity contribution in [1.29, 1.82) is 0 Å². The molecule has 1 aromatic rings. The summed E-state index contributed by atoms with van der Waals surface area (Å²) in [6, 6.07) is 3.81. The second-order valence-electron chi connectivity index (χ2n) is 5.61. The number of hydrogen-bond donors (Lipinski definition) is 1. The zero-order chi connectivity index (χ0) is 18.2. The van der Waals surface area contributed by atoms with Crippen LogP contribution in [0.3, 0.4) is 0 Å². The van der Waals surface area contributed by atoms with E-state index in [9.17, 15) is 14.0 Å². The Morgan fingerprint density at radius 3 is 3.00 bits per heavy atom. The van der Waals surface area contributed by atoms with Crippen molar-refractivity contribution in [1.82, 2.24) is 4.90 Å². The molecule has 25 heavy (non-hydrogen) atoms. The van der Waals surface area contributed by atoms with Crippen molar-refractivity contribution in [3.8, 4) is 18.1 Å². The normalized spacial score (nSPS) is 16.7. The highest BCUT2D eigenvalue weighted by Gasteiger charge is 2.29. The Morgan fingerprint density at radius 2 is 2.28 bits per heavy atom. The lowest BCUT2D eigenvalue weighted by Crippen LogP contribution is -2.44. The number of nitrogens with one attached hydrogen (secondary N) is 1. The Morgan fingerprint density at radius 1 is 1.48 bits per heavy atom. The SMILES string of the molecule is C#CCOc1cc(F)ccc1NC(=O)[C@H]1CCCN(C(=O)OCC)C1. The van der Waals surface area contributed by atoms with Crippen molar-refractivity contribution >= 4 is 17.7 Å². The molecule has 0 radical (unpaired) electrons. The van der Waals surface area contributed by atoms with Gasteiger partial charge in [-0.3, -0.25) is 4.79 Å². The molecule has 0 aromatic heterocycles. The van der Waals surface area contributed by atoms with Gasteiger partial charge in [-0.05, 0) is 31.9 Å². The molecular formula is C18H21FN2O4. The first-order chi connectivity index (χ1) is 12.0. The molecule has 1 aromatic carbocycles. The Hall–Kier alpha value is -2.75. The number of rotatable bonds is 5. The molecule has 1 fully saturated rings. The average Bonchev–Trinajstić information content (AvgIpc) is 2.62. The topological polar surface area (TPSA) is 67.9 Å². The molecule has 1 heterocycles. The predicted octanol–water partition coefficient (Wildman–Crippen LogP) is 2.64. The van der Waals surface area contributed by atoms with E-state index in [1.165, 1.54) is 23.1 Å². The van der Waals surface area contributed by atoms with Crippen LogP contribution in [0.1, 0.15) is 19.8 Å². The number of nitrogens with zero attached hydrogens (tertiary/aromatic N) is 1. The van der Waals surface area contributed by atoms with Crippen LogP contribution in [0.2, 0.25) is 0 Å². The number of hydrogen-bond acceptors (Lipinski definition) is 4. The Labute approximate surface area is 146 Å². The fourth-order valence-electron chi connectivity index (χ4n) is 2.64. The lowest BCUT2D eigenvalue weighted by molar-refractivity contribution is -0.121. The fourth-order valence-corrected chi connectivity index (χ4v) is 2.64. The molecule has 2 rings (SSSR count). The average molecular weight is 348 g/mol. The maximum absolute atomic E-state index is 13.4. The molecule has 1 N–H and O–H groups in total.